The predicted molar refractivity (Wildman–Crippen MR) is 96.9 cm³/mol. The van der Waals surface area contributed by atoms with Crippen molar-refractivity contribution in [2.45, 2.75) is 52.0 Å². The van der Waals surface area contributed by atoms with E-state index in [9.17, 15) is 8.42 Å². The van der Waals surface area contributed by atoms with Crippen LogP contribution in [0.3, 0.4) is 0 Å². The molecule has 0 aliphatic rings. The Kier molecular flexibility index (Phi) is 5.43. The van der Waals surface area contributed by atoms with Crippen LogP contribution in [-0.4, -0.2) is 24.7 Å². The number of aryl methyl sites for hydroxylation is 3. The van der Waals surface area contributed by atoms with E-state index in [0.29, 0.717) is 16.9 Å². The fraction of sp³-hybridized carbons (Fsp3) is 0.412. The van der Waals surface area contributed by atoms with Crippen molar-refractivity contribution in [3.8, 4) is 0 Å². The standard InChI is InChI=1S/C17H24N4O2S/c1-6-14(5)18-15-7-8-16(20-19-15)21-24(22,23)17-12(3)9-11(2)10-13(17)4/h7-10,14H,6H2,1-5H3,(H,18,19)(H,20,21). The number of rotatable bonds is 6. The lowest BCUT2D eigenvalue weighted by atomic mass is 10.1. The van der Waals surface area contributed by atoms with E-state index in [0.717, 1.165) is 12.0 Å². The molecule has 1 heterocycles. The van der Waals surface area contributed by atoms with E-state index in [1.54, 1.807) is 26.0 Å². The molecule has 0 bridgehead atoms. The van der Waals surface area contributed by atoms with Crippen molar-refractivity contribution in [1.82, 2.24) is 10.2 Å². The fourth-order valence-corrected chi connectivity index (χ4v) is 4.05. The van der Waals surface area contributed by atoms with Crippen LogP contribution in [0, 0.1) is 20.8 Å². The van der Waals surface area contributed by atoms with Crippen LogP contribution in [0.4, 0.5) is 11.6 Å². The monoisotopic (exact) mass is 348 g/mol. The van der Waals surface area contributed by atoms with Gasteiger partial charge < -0.3 is 5.32 Å². The van der Waals surface area contributed by atoms with Gasteiger partial charge in [-0.25, -0.2) is 8.42 Å². The molecule has 0 amide bonds. The van der Waals surface area contributed by atoms with Gasteiger partial charge in [-0.15, -0.1) is 10.2 Å². The van der Waals surface area contributed by atoms with Crippen LogP contribution >= 0.6 is 0 Å². The van der Waals surface area contributed by atoms with Gasteiger partial charge >= 0.3 is 0 Å². The number of nitrogens with one attached hydrogen (secondary N) is 2. The summed E-state index contributed by atoms with van der Waals surface area (Å²) < 4.78 is 27.8. The first kappa shape index (κ1) is 18.2. The molecule has 0 aliphatic heterocycles. The number of hydrogen-bond donors (Lipinski definition) is 2. The Morgan fingerprint density at radius 3 is 2.08 bits per heavy atom. The topological polar surface area (TPSA) is 84.0 Å². The molecule has 0 saturated heterocycles. The van der Waals surface area contributed by atoms with Gasteiger partial charge in [0, 0.05) is 6.04 Å². The highest BCUT2D eigenvalue weighted by molar-refractivity contribution is 7.92. The molecule has 2 N–H and O–H groups in total. The second kappa shape index (κ2) is 7.17. The normalized spacial score (nSPS) is 12.7. The van der Waals surface area contributed by atoms with Gasteiger partial charge in [0.05, 0.1) is 4.90 Å². The minimum absolute atomic E-state index is 0.198. The number of nitrogens with zero attached hydrogens (tertiary/aromatic N) is 2. The van der Waals surface area contributed by atoms with Crippen molar-refractivity contribution in [1.29, 1.82) is 0 Å². The molecule has 0 fully saturated rings. The number of hydrogen-bond acceptors (Lipinski definition) is 5. The minimum Gasteiger partial charge on any atom is -0.366 e. The zero-order valence-corrected chi connectivity index (χ0v) is 15.5. The van der Waals surface area contributed by atoms with E-state index in [4.69, 9.17) is 0 Å². The van der Waals surface area contributed by atoms with Crippen LogP contribution in [0.2, 0.25) is 0 Å². The third-order valence-electron chi connectivity index (χ3n) is 3.78. The summed E-state index contributed by atoms with van der Waals surface area (Å²) in [4.78, 5) is 0.289. The Balaban J connectivity index is 2.24. The van der Waals surface area contributed by atoms with Crippen LogP contribution in [0.1, 0.15) is 37.0 Å². The SMILES string of the molecule is CCC(C)Nc1ccc(NS(=O)(=O)c2c(C)cc(C)cc2C)nn1. The van der Waals surface area contributed by atoms with Gasteiger partial charge in [0.25, 0.3) is 10.0 Å². The third-order valence-corrected chi connectivity index (χ3v) is 5.44. The van der Waals surface area contributed by atoms with Crippen molar-refractivity contribution in [2.24, 2.45) is 0 Å². The lowest BCUT2D eigenvalue weighted by Crippen LogP contribution is -2.18. The molecule has 2 rings (SSSR count). The van der Waals surface area contributed by atoms with Gasteiger partial charge in [-0.1, -0.05) is 24.6 Å². The van der Waals surface area contributed by atoms with Crippen molar-refractivity contribution >= 4 is 21.7 Å². The number of benzene rings is 1. The Morgan fingerprint density at radius 2 is 1.58 bits per heavy atom. The molecule has 130 valence electrons. The second-order valence-corrected chi connectivity index (χ2v) is 7.71. The molecule has 7 heteroatoms. The predicted octanol–water partition coefficient (Wildman–Crippen LogP) is 3.41. The first-order valence-corrected chi connectivity index (χ1v) is 9.42. The summed E-state index contributed by atoms with van der Waals surface area (Å²) in [7, 11) is -3.70. The number of sulfonamides is 1. The van der Waals surface area contributed by atoms with E-state index in [2.05, 4.69) is 27.2 Å². The van der Waals surface area contributed by atoms with Crippen LogP contribution in [0.15, 0.2) is 29.2 Å². The van der Waals surface area contributed by atoms with Gasteiger partial charge in [0.15, 0.2) is 5.82 Å². The maximum atomic E-state index is 12.7. The molecule has 1 aromatic heterocycles. The molecular weight excluding hydrogens is 324 g/mol. The molecule has 0 spiro atoms. The fourth-order valence-electron chi connectivity index (χ4n) is 2.60. The molecule has 0 radical (unpaired) electrons. The summed E-state index contributed by atoms with van der Waals surface area (Å²) in [6.45, 7) is 9.64. The Hall–Kier alpha value is -2.15. The van der Waals surface area contributed by atoms with Crippen molar-refractivity contribution in [3.05, 3.63) is 41.0 Å². The molecule has 0 saturated carbocycles. The molecule has 0 aliphatic carbocycles. The molecule has 6 nitrogen and oxygen atoms in total. The van der Waals surface area contributed by atoms with Crippen LogP contribution in [0.25, 0.3) is 0 Å². The van der Waals surface area contributed by atoms with Crippen molar-refractivity contribution in [2.75, 3.05) is 10.0 Å². The highest BCUT2D eigenvalue weighted by Crippen LogP contribution is 2.23. The first-order valence-electron chi connectivity index (χ1n) is 7.94. The molecule has 1 aromatic carbocycles. The van der Waals surface area contributed by atoms with E-state index in [1.165, 1.54) is 0 Å². The zero-order chi connectivity index (χ0) is 17.9. The summed E-state index contributed by atoms with van der Waals surface area (Å²) in [5.74, 6) is 0.819. The van der Waals surface area contributed by atoms with Crippen molar-refractivity contribution in [3.63, 3.8) is 0 Å². The molecule has 24 heavy (non-hydrogen) atoms. The van der Waals surface area contributed by atoms with Gasteiger partial charge in [-0.3, -0.25) is 4.72 Å². The number of aromatic nitrogens is 2. The highest BCUT2D eigenvalue weighted by atomic mass is 32.2. The second-order valence-electron chi connectivity index (χ2n) is 6.09. The maximum absolute atomic E-state index is 12.7. The van der Waals surface area contributed by atoms with E-state index < -0.39 is 10.0 Å². The number of anilines is 2. The Labute approximate surface area is 143 Å². The average Bonchev–Trinajstić information content (AvgIpc) is 2.47. The van der Waals surface area contributed by atoms with Crippen LogP contribution in [0.5, 0.6) is 0 Å². The lowest BCUT2D eigenvalue weighted by molar-refractivity contribution is 0.599. The van der Waals surface area contributed by atoms with Gasteiger partial charge in [-0.05, 0) is 57.4 Å². The molecule has 1 atom stereocenters. The first-order chi connectivity index (χ1) is 11.2. The van der Waals surface area contributed by atoms with Crippen molar-refractivity contribution < 1.29 is 8.42 Å². The molecular formula is C17H24N4O2S. The zero-order valence-electron chi connectivity index (χ0n) is 14.7. The van der Waals surface area contributed by atoms with E-state index in [-0.39, 0.29) is 16.8 Å². The van der Waals surface area contributed by atoms with E-state index >= 15 is 0 Å². The van der Waals surface area contributed by atoms with Crippen LogP contribution < -0.4 is 10.0 Å². The van der Waals surface area contributed by atoms with Gasteiger partial charge in [0.1, 0.15) is 5.82 Å². The Bertz CT molecular complexity index is 794. The third kappa shape index (κ3) is 4.23. The smallest absolute Gasteiger partial charge is 0.263 e. The highest BCUT2D eigenvalue weighted by Gasteiger charge is 2.20. The summed E-state index contributed by atoms with van der Waals surface area (Å²) in [6.07, 6.45) is 0.960. The quantitative estimate of drug-likeness (QED) is 0.836. The largest absolute Gasteiger partial charge is 0.366 e. The maximum Gasteiger partial charge on any atom is 0.263 e. The average molecular weight is 348 g/mol. The minimum atomic E-state index is -3.70. The Morgan fingerprint density at radius 1 is 1.04 bits per heavy atom. The van der Waals surface area contributed by atoms with E-state index in [1.807, 2.05) is 26.0 Å². The summed E-state index contributed by atoms with van der Waals surface area (Å²) in [5, 5.41) is 11.2. The molecule has 2 aromatic rings. The van der Waals surface area contributed by atoms with Gasteiger partial charge in [-0.2, -0.15) is 0 Å². The lowest BCUT2D eigenvalue weighted by Gasteiger charge is -2.14. The summed E-state index contributed by atoms with van der Waals surface area (Å²) in [6, 6.07) is 7.30. The molecule has 1 unspecified atom stereocenters. The summed E-state index contributed by atoms with van der Waals surface area (Å²) >= 11 is 0. The van der Waals surface area contributed by atoms with Gasteiger partial charge in [0.2, 0.25) is 0 Å². The van der Waals surface area contributed by atoms with Crippen LogP contribution in [-0.2, 0) is 10.0 Å². The summed E-state index contributed by atoms with van der Waals surface area (Å²) in [5.41, 5.74) is 2.45.